The molecule has 0 bridgehead atoms. The topological polar surface area (TPSA) is 43.8 Å². The van der Waals surface area contributed by atoms with Gasteiger partial charge < -0.3 is 5.73 Å². The summed E-state index contributed by atoms with van der Waals surface area (Å²) in [5, 5.41) is 4.66. The van der Waals surface area contributed by atoms with E-state index in [4.69, 9.17) is 5.73 Å². The minimum absolute atomic E-state index is 0.00943. The average Bonchev–Trinajstić information content (AvgIpc) is 2.64. The normalized spacial score (nSPS) is 12.7. The fourth-order valence-electron chi connectivity index (χ4n) is 2.49. The molecule has 2 aromatic rings. The number of para-hydroxylation sites is 1. The van der Waals surface area contributed by atoms with E-state index in [1.807, 2.05) is 23.7 Å². The second kappa shape index (κ2) is 4.94. The Morgan fingerprint density at radius 1 is 1.28 bits per heavy atom. The molecule has 0 fully saturated rings. The first-order valence-electron chi connectivity index (χ1n) is 6.46. The lowest BCUT2D eigenvalue weighted by molar-refractivity contribution is 0.766. The summed E-state index contributed by atoms with van der Waals surface area (Å²) in [7, 11) is 0. The highest BCUT2D eigenvalue weighted by molar-refractivity contribution is 5.45. The molecule has 0 unspecified atom stereocenters. The van der Waals surface area contributed by atoms with Crippen LogP contribution in [0.15, 0.2) is 24.3 Å². The third-order valence-electron chi connectivity index (χ3n) is 3.45. The summed E-state index contributed by atoms with van der Waals surface area (Å²) >= 11 is 0. The van der Waals surface area contributed by atoms with Gasteiger partial charge in [-0.2, -0.15) is 5.10 Å². The van der Waals surface area contributed by atoms with E-state index in [1.54, 1.807) is 0 Å². The van der Waals surface area contributed by atoms with Crippen molar-refractivity contribution in [2.24, 2.45) is 5.73 Å². The molecule has 1 aromatic heterocycles. The van der Waals surface area contributed by atoms with E-state index >= 15 is 0 Å². The zero-order valence-electron chi connectivity index (χ0n) is 11.6. The monoisotopic (exact) mass is 243 g/mol. The number of nitrogens with two attached hydrogens (primary N) is 1. The first-order valence-corrected chi connectivity index (χ1v) is 6.46. The van der Waals surface area contributed by atoms with Crippen molar-refractivity contribution in [2.45, 2.75) is 40.2 Å². The van der Waals surface area contributed by atoms with Crippen molar-refractivity contribution < 1.29 is 0 Å². The number of aromatic nitrogens is 2. The smallest absolute Gasteiger partial charge is 0.0696 e. The van der Waals surface area contributed by atoms with Gasteiger partial charge in [0.1, 0.15) is 0 Å². The summed E-state index contributed by atoms with van der Waals surface area (Å²) in [6.07, 6.45) is 1.01. The van der Waals surface area contributed by atoms with Crippen molar-refractivity contribution >= 4 is 0 Å². The molecule has 0 saturated heterocycles. The summed E-state index contributed by atoms with van der Waals surface area (Å²) in [6, 6.07) is 8.22. The highest BCUT2D eigenvalue weighted by Crippen LogP contribution is 2.23. The minimum atomic E-state index is 0.00943. The Bertz CT molecular complexity index is 553. The Hall–Kier alpha value is -1.61. The fraction of sp³-hybridized carbons (Fsp3) is 0.400. The Morgan fingerprint density at radius 3 is 2.50 bits per heavy atom. The summed E-state index contributed by atoms with van der Waals surface area (Å²) < 4.78 is 2.02. The number of benzene rings is 1. The first kappa shape index (κ1) is 12.8. The summed E-state index contributed by atoms with van der Waals surface area (Å²) in [4.78, 5) is 0. The first-order chi connectivity index (χ1) is 8.56. The van der Waals surface area contributed by atoms with Crippen molar-refractivity contribution in [3.8, 4) is 5.69 Å². The van der Waals surface area contributed by atoms with Crippen molar-refractivity contribution in [1.29, 1.82) is 0 Å². The zero-order chi connectivity index (χ0) is 13.3. The van der Waals surface area contributed by atoms with Crippen LogP contribution >= 0.6 is 0 Å². The van der Waals surface area contributed by atoms with Gasteiger partial charge in [0.15, 0.2) is 0 Å². The lowest BCUT2D eigenvalue weighted by Crippen LogP contribution is -2.11. The predicted octanol–water partition coefficient (Wildman–Crippen LogP) is 3.07. The number of hydrogen-bond acceptors (Lipinski definition) is 2. The summed E-state index contributed by atoms with van der Waals surface area (Å²) in [6.45, 7) is 8.36. The molecule has 3 heteroatoms. The highest BCUT2D eigenvalue weighted by Gasteiger charge is 2.14. The van der Waals surface area contributed by atoms with Crippen LogP contribution in [0.4, 0.5) is 0 Å². The molecule has 1 atom stereocenters. The second-order valence-electron chi connectivity index (χ2n) is 4.76. The van der Waals surface area contributed by atoms with E-state index in [0.717, 1.165) is 23.4 Å². The fourth-order valence-corrected chi connectivity index (χ4v) is 2.49. The van der Waals surface area contributed by atoms with E-state index in [1.165, 1.54) is 11.3 Å². The van der Waals surface area contributed by atoms with Crippen molar-refractivity contribution in [2.75, 3.05) is 0 Å². The second-order valence-corrected chi connectivity index (χ2v) is 4.76. The molecule has 0 aliphatic carbocycles. The van der Waals surface area contributed by atoms with Crippen LogP contribution in [0.25, 0.3) is 5.69 Å². The molecule has 0 amide bonds. The molecule has 18 heavy (non-hydrogen) atoms. The van der Waals surface area contributed by atoms with E-state index < -0.39 is 0 Å². The quantitative estimate of drug-likeness (QED) is 0.900. The van der Waals surface area contributed by atoms with Gasteiger partial charge >= 0.3 is 0 Å². The Labute approximate surface area is 109 Å². The predicted molar refractivity (Wildman–Crippen MR) is 75.0 cm³/mol. The van der Waals surface area contributed by atoms with E-state index in [0.29, 0.717) is 0 Å². The SMILES string of the molecule is CCc1c(C)nn(-c2ccccc2[C@@H](C)N)c1C. The summed E-state index contributed by atoms with van der Waals surface area (Å²) in [5.74, 6) is 0. The molecular weight excluding hydrogens is 222 g/mol. The molecule has 0 aliphatic heterocycles. The molecule has 3 nitrogen and oxygen atoms in total. The van der Waals surface area contributed by atoms with Crippen molar-refractivity contribution in [3.63, 3.8) is 0 Å². The molecule has 2 N–H and O–H groups in total. The van der Waals surface area contributed by atoms with Crippen LogP contribution < -0.4 is 5.73 Å². The van der Waals surface area contributed by atoms with Gasteiger partial charge in [0.2, 0.25) is 0 Å². The lowest BCUT2D eigenvalue weighted by atomic mass is 10.1. The third-order valence-corrected chi connectivity index (χ3v) is 3.45. The van der Waals surface area contributed by atoms with Crippen LogP contribution in [0, 0.1) is 13.8 Å². The minimum Gasteiger partial charge on any atom is -0.324 e. The number of rotatable bonds is 3. The van der Waals surface area contributed by atoms with Gasteiger partial charge in [0.05, 0.1) is 11.4 Å². The lowest BCUT2D eigenvalue weighted by Gasteiger charge is -2.14. The molecule has 0 radical (unpaired) electrons. The number of nitrogens with zero attached hydrogens (tertiary/aromatic N) is 2. The number of hydrogen-bond donors (Lipinski definition) is 1. The van der Waals surface area contributed by atoms with Crippen molar-refractivity contribution in [3.05, 3.63) is 46.8 Å². The van der Waals surface area contributed by atoms with Crippen LogP contribution in [-0.2, 0) is 6.42 Å². The molecule has 0 spiro atoms. The van der Waals surface area contributed by atoms with E-state index in [9.17, 15) is 0 Å². The molecule has 0 saturated carbocycles. The maximum absolute atomic E-state index is 6.04. The highest BCUT2D eigenvalue weighted by atomic mass is 15.3. The molecular formula is C15H21N3. The van der Waals surface area contributed by atoms with Gasteiger partial charge in [-0.25, -0.2) is 4.68 Å². The Kier molecular flexibility index (Phi) is 3.53. The standard InChI is InChI=1S/C15H21N3/c1-5-13-11(3)17-18(12(13)4)15-9-7-6-8-14(15)10(2)16/h6-10H,5,16H2,1-4H3/t10-/m1/s1. The van der Waals surface area contributed by atoms with Crippen LogP contribution in [-0.4, -0.2) is 9.78 Å². The van der Waals surface area contributed by atoms with Crippen LogP contribution in [0.1, 0.15) is 42.4 Å². The number of aryl methyl sites for hydroxylation is 1. The van der Waals surface area contributed by atoms with E-state index in [-0.39, 0.29) is 6.04 Å². The molecule has 1 heterocycles. The molecule has 0 aliphatic rings. The van der Waals surface area contributed by atoms with Gasteiger partial charge in [-0.3, -0.25) is 0 Å². The van der Waals surface area contributed by atoms with Crippen LogP contribution in [0.2, 0.25) is 0 Å². The average molecular weight is 243 g/mol. The zero-order valence-corrected chi connectivity index (χ0v) is 11.6. The van der Waals surface area contributed by atoms with Gasteiger partial charge in [-0.05, 0) is 44.4 Å². The third kappa shape index (κ3) is 2.06. The van der Waals surface area contributed by atoms with E-state index in [2.05, 4.69) is 38.0 Å². The summed E-state index contributed by atoms with van der Waals surface area (Å²) in [5.41, 5.74) is 11.9. The van der Waals surface area contributed by atoms with Gasteiger partial charge in [-0.15, -0.1) is 0 Å². The van der Waals surface area contributed by atoms with Gasteiger partial charge in [0, 0.05) is 11.7 Å². The van der Waals surface area contributed by atoms with Gasteiger partial charge in [0.25, 0.3) is 0 Å². The van der Waals surface area contributed by atoms with Gasteiger partial charge in [-0.1, -0.05) is 25.1 Å². The molecule has 96 valence electrons. The Balaban J connectivity index is 2.63. The largest absolute Gasteiger partial charge is 0.324 e. The molecule has 2 rings (SSSR count). The van der Waals surface area contributed by atoms with Crippen LogP contribution in [0.5, 0.6) is 0 Å². The maximum atomic E-state index is 6.04. The van der Waals surface area contributed by atoms with Crippen LogP contribution in [0.3, 0.4) is 0 Å². The molecule has 1 aromatic carbocycles. The maximum Gasteiger partial charge on any atom is 0.0696 e. The van der Waals surface area contributed by atoms with Crippen molar-refractivity contribution in [1.82, 2.24) is 9.78 Å². The Morgan fingerprint density at radius 2 is 1.94 bits per heavy atom.